The predicted molar refractivity (Wildman–Crippen MR) is 85.3 cm³/mol. The van der Waals surface area contributed by atoms with E-state index < -0.39 is 0 Å². The summed E-state index contributed by atoms with van der Waals surface area (Å²) in [5, 5.41) is 8.89. The van der Waals surface area contributed by atoms with Gasteiger partial charge in [-0.15, -0.1) is 0 Å². The molecule has 0 bridgehead atoms. The number of amides is 1. The SMILES string of the molecule is CCN(CCc1ccncc1)C(=O)c1ccccc1CC#N. The van der Waals surface area contributed by atoms with Gasteiger partial charge in [0.1, 0.15) is 0 Å². The molecule has 0 aliphatic rings. The van der Waals surface area contributed by atoms with E-state index in [9.17, 15) is 4.79 Å². The molecule has 0 aliphatic carbocycles. The highest BCUT2D eigenvalue weighted by Gasteiger charge is 2.17. The summed E-state index contributed by atoms with van der Waals surface area (Å²) < 4.78 is 0. The number of benzene rings is 1. The second-order valence-corrected chi connectivity index (χ2v) is 4.98. The van der Waals surface area contributed by atoms with Crippen LogP contribution in [0.5, 0.6) is 0 Å². The maximum absolute atomic E-state index is 12.7. The van der Waals surface area contributed by atoms with Gasteiger partial charge in [-0.2, -0.15) is 5.26 Å². The number of nitriles is 1. The van der Waals surface area contributed by atoms with E-state index in [2.05, 4.69) is 11.1 Å². The highest BCUT2D eigenvalue weighted by Crippen LogP contribution is 2.13. The minimum atomic E-state index is -0.0117. The Kier molecular flexibility index (Phi) is 5.67. The summed E-state index contributed by atoms with van der Waals surface area (Å²) in [7, 11) is 0. The van der Waals surface area contributed by atoms with Gasteiger partial charge in [-0.05, 0) is 42.7 Å². The average molecular weight is 293 g/mol. The minimum Gasteiger partial charge on any atom is -0.339 e. The number of hydrogen-bond donors (Lipinski definition) is 0. The van der Waals surface area contributed by atoms with Crippen molar-refractivity contribution in [1.82, 2.24) is 9.88 Å². The van der Waals surface area contributed by atoms with E-state index >= 15 is 0 Å². The van der Waals surface area contributed by atoms with Gasteiger partial charge in [0.2, 0.25) is 0 Å². The van der Waals surface area contributed by atoms with E-state index in [0.29, 0.717) is 18.7 Å². The molecular weight excluding hydrogens is 274 g/mol. The summed E-state index contributed by atoms with van der Waals surface area (Å²) in [4.78, 5) is 18.5. The average Bonchev–Trinajstić information content (AvgIpc) is 2.57. The van der Waals surface area contributed by atoms with Crippen molar-refractivity contribution >= 4 is 5.91 Å². The lowest BCUT2D eigenvalue weighted by atomic mass is 10.0. The second kappa shape index (κ2) is 7.94. The van der Waals surface area contributed by atoms with Crippen LogP contribution in [0.2, 0.25) is 0 Å². The molecule has 0 atom stereocenters. The molecule has 0 aliphatic heterocycles. The van der Waals surface area contributed by atoms with Crippen molar-refractivity contribution in [2.24, 2.45) is 0 Å². The fraction of sp³-hybridized carbons (Fsp3) is 0.278. The molecule has 4 nitrogen and oxygen atoms in total. The third-order valence-electron chi connectivity index (χ3n) is 3.61. The standard InChI is InChI=1S/C18H19N3O/c1-2-21(14-10-15-8-12-20-13-9-15)18(22)17-6-4-3-5-16(17)7-11-19/h3-6,8-9,12-13H,2,7,10,14H2,1H3. The number of nitrogens with zero attached hydrogens (tertiary/aromatic N) is 3. The van der Waals surface area contributed by atoms with Crippen LogP contribution >= 0.6 is 0 Å². The fourth-order valence-corrected chi connectivity index (χ4v) is 2.36. The van der Waals surface area contributed by atoms with Crippen molar-refractivity contribution in [2.45, 2.75) is 19.8 Å². The lowest BCUT2D eigenvalue weighted by Gasteiger charge is -2.22. The quantitative estimate of drug-likeness (QED) is 0.823. The summed E-state index contributed by atoms with van der Waals surface area (Å²) >= 11 is 0. The van der Waals surface area contributed by atoms with Crippen molar-refractivity contribution < 1.29 is 4.79 Å². The number of rotatable bonds is 6. The zero-order valence-electron chi connectivity index (χ0n) is 12.7. The number of aromatic nitrogens is 1. The second-order valence-electron chi connectivity index (χ2n) is 4.98. The molecule has 1 heterocycles. The van der Waals surface area contributed by atoms with E-state index in [0.717, 1.165) is 17.5 Å². The number of carbonyl (C=O) groups excluding carboxylic acids is 1. The first-order chi connectivity index (χ1) is 10.8. The monoisotopic (exact) mass is 293 g/mol. The molecule has 4 heteroatoms. The molecule has 112 valence electrons. The van der Waals surface area contributed by atoms with Crippen LogP contribution in [0, 0.1) is 11.3 Å². The van der Waals surface area contributed by atoms with Crippen LogP contribution in [-0.2, 0) is 12.8 Å². The van der Waals surface area contributed by atoms with Gasteiger partial charge in [0, 0.05) is 31.0 Å². The Balaban J connectivity index is 2.10. The molecule has 0 fully saturated rings. The molecule has 0 unspecified atom stereocenters. The number of carbonyl (C=O) groups is 1. The Morgan fingerprint density at radius 2 is 1.95 bits per heavy atom. The van der Waals surface area contributed by atoms with E-state index in [1.54, 1.807) is 18.5 Å². The van der Waals surface area contributed by atoms with Crippen LogP contribution in [0.3, 0.4) is 0 Å². The highest BCUT2D eigenvalue weighted by atomic mass is 16.2. The van der Waals surface area contributed by atoms with Gasteiger partial charge in [-0.1, -0.05) is 18.2 Å². The van der Waals surface area contributed by atoms with Gasteiger partial charge in [0.15, 0.2) is 0 Å². The molecule has 2 aromatic rings. The van der Waals surface area contributed by atoms with E-state index in [1.165, 1.54) is 0 Å². The number of pyridine rings is 1. The van der Waals surface area contributed by atoms with Crippen molar-refractivity contribution in [3.05, 3.63) is 65.5 Å². The largest absolute Gasteiger partial charge is 0.339 e. The molecule has 0 spiro atoms. The Labute approximate surface area is 131 Å². The smallest absolute Gasteiger partial charge is 0.254 e. The van der Waals surface area contributed by atoms with Gasteiger partial charge < -0.3 is 4.90 Å². The zero-order valence-corrected chi connectivity index (χ0v) is 12.7. The van der Waals surface area contributed by atoms with Crippen LogP contribution in [0.4, 0.5) is 0 Å². The molecule has 22 heavy (non-hydrogen) atoms. The maximum atomic E-state index is 12.7. The molecule has 0 saturated heterocycles. The summed E-state index contributed by atoms with van der Waals surface area (Å²) in [6, 6.07) is 13.4. The zero-order chi connectivity index (χ0) is 15.8. The molecule has 0 saturated carbocycles. The normalized spacial score (nSPS) is 10.0. The molecule has 1 amide bonds. The van der Waals surface area contributed by atoms with Crippen LogP contribution in [-0.4, -0.2) is 28.9 Å². The third-order valence-corrected chi connectivity index (χ3v) is 3.61. The third kappa shape index (κ3) is 3.92. The first-order valence-electron chi connectivity index (χ1n) is 7.39. The summed E-state index contributed by atoms with van der Waals surface area (Å²) in [6.07, 6.45) is 4.57. The summed E-state index contributed by atoms with van der Waals surface area (Å²) in [5.41, 5.74) is 2.57. The van der Waals surface area contributed by atoms with E-state index in [1.807, 2.05) is 42.2 Å². The summed E-state index contributed by atoms with van der Waals surface area (Å²) in [6.45, 7) is 3.27. The van der Waals surface area contributed by atoms with Crippen molar-refractivity contribution in [2.75, 3.05) is 13.1 Å². The van der Waals surface area contributed by atoms with E-state index in [-0.39, 0.29) is 12.3 Å². The first-order valence-corrected chi connectivity index (χ1v) is 7.39. The Hall–Kier alpha value is -2.67. The van der Waals surface area contributed by atoms with Crippen LogP contribution in [0.1, 0.15) is 28.4 Å². The number of hydrogen-bond acceptors (Lipinski definition) is 3. The Morgan fingerprint density at radius 1 is 1.23 bits per heavy atom. The number of likely N-dealkylation sites (N-methyl/N-ethyl adjacent to an activating group) is 1. The fourth-order valence-electron chi connectivity index (χ4n) is 2.36. The van der Waals surface area contributed by atoms with Gasteiger partial charge in [-0.3, -0.25) is 9.78 Å². The van der Waals surface area contributed by atoms with Gasteiger partial charge in [-0.25, -0.2) is 0 Å². The molecule has 2 rings (SSSR count). The topological polar surface area (TPSA) is 57.0 Å². The van der Waals surface area contributed by atoms with Crippen LogP contribution < -0.4 is 0 Å². The van der Waals surface area contributed by atoms with Crippen LogP contribution in [0.15, 0.2) is 48.8 Å². The summed E-state index contributed by atoms with van der Waals surface area (Å²) in [5.74, 6) is -0.0117. The van der Waals surface area contributed by atoms with E-state index in [4.69, 9.17) is 5.26 Å². The molecule has 1 aromatic heterocycles. The first kappa shape index (κ1) is 15.7. The van der Waals surface area contributed by atoms with Crippen molar-refractivity contribution in [3.63, 3.8) is 0 Å². The minimum absolute atomic E-state index is 0.0117. The predicted octanol–water partition coefficient (Wildman–Crippen LogP) is 2.85. The van der Waals surface area contributed by atoms with Crippen LogP contribution in [0.25, 0.3) is 0 Å². The lowest BCUT2D eigenvalue weighted by molar-refractivity contribution is 0.0765. The Morgan fingerprint density at radius 3 is 2.64 bits per heavy atom. The van der Waals surface area contributed by atoms with Gasteiger partial charge >= 0.3 is 0 Å². The highest BCUT2D eigenvalue weighted by molar-refractivity contribution is 5.95. The Bertz CT molecular complexity index is 662. The molecule has 0 N–H and O–H groups in total. The van der Waals surface area contributed by atoms with Gasteiger partial charge in [0.25, 0.3) is 5.91 Å². The molecule has 0 radical (unpaired) electrons. The maximum Gasteiger partial charge on any atom is 0.254 e. The lowest BCUT2D eigenvalue weighted by Crippen LogP contribution is -2.33. The van der Waals surface area contributed by atoms with Gasteiger partial charge in [0.05, 0.1) is 12.5 Å². The molecular formula is C18H19N3O. The van der Waals surface area contributed by atoms with Crippen molar-refractivity contribution in [3.8, 4) is 6.07 Å². The van der Waals surface area contributed by atoms with Crippen molar-refractivity contribution in [1.29, 1.82) is 5.26 Å². The molecule has 1 aromatic carbocycles.